The predicted octanol–water partition coefficient (Wildman–Crippen LogP) is 4.97. The van der Waals surface area contributed by atoms with Crippen LogP contribution in [0.3, 0.4) is 0 Å². The number of rotatable bonds is 7. The van der Waals surface area contributed by atoms with Crippen LogP contribution < -0.4 is 5.32 Å². The number of hydrogen-bond donors (Lipinski definition) is 1. The first-order valence-electron chi connectivity index (χ1n) is 12.3. The molecule has 0 fully saturated rings. The standard InChI is InChI=1S/C30H25N7O/c1-21-31-14-15-36(21)28-16-23(12-13-32-28)18-33-30(38)25-17-27(24-10-6-3-7-11-24)35-29-26(25)19-34-37(29)20-22-8-4-2-5-9-22/h2-17,19H,18,20H2,1H3,(H,33,38). The molecule has 6 rings (SSSR count). The van der Waals surface area contributed by atoms with E-state index in [-0.39, 0.29) is 5.91 Å². The summed E-state index contributed by atoms with van der Waals surface area (Å²) in [6.07, 6.45) is 7.07. The molecule has 0 radical (unpaired) electrons. The molecule has 186 valence electrons. The molecule has 8 nitrogen and oxygen atoms in total. The average Bonchev–Trinajstić information content (AvgIpc) is 3.58. The molecule has 8 heteroatoms. The first kappa shape index (κ1) is 23.3. The summed E-state index contributed by atoms with van der Waals surface area (Å²) in [5, 5.41) is 8.38. The van der Waals surface area contributed by atoms with Gasteiger partial charge in [0.1, 0.15) is 11.6 Å². The van der Waals surface area contributed by atoms with E-state index in [1.165, 1.54) is 0 Å². The molecule has 0 aliphatic heterocycles. The normalized spacial score (nSPS) is 11.1. The van der Waals surface area contributed by atoms with Crippen LogP contribution in [-0.2, 0) is 13.1 Å². The number of pyridine rings is 2. The van der Waals surface area contributed by atoms with Gasteiger partial charge in [-0.2, -0.15) is 5.10 Å². The second kappa shape index (κ2) is 10.1. The Labute approximate surface area is 219 Å². The zero-order chi connectivity index (χ0) is 25.9. The van der Waals surface area contributed by atoms with Crippen LogP contribution in [0.2, 0.25) is 0 Å². The highest BCUT2D eigenvalue weighted by atomic mass is 16.1. The lowest BCUT2D eigenvalue weighted by molar-refractivity contribution is 0.0952. The number of nitrogens with zero attached hydrogens (tertiary/aromatic N) is 6. The zero-order valence-corrected chi connectivity index (χ0v) is 20.8. The number of hydrogen-bond acceptors (Lipinski definition) is 5. The van der Waals surface area contributed by atoms with Crippen LogP contribution in [0.15, 0.2) is 104 Å². The van der Waals surface area contributed by atoms with E-state index in [0.717, 1.165) is 34.0 Å². The molecule has 0 spiro atoms. The van der Waals surface area contributed by atoms with Crippen molar-refractivity contribution in [2.24, 2.45) is 0 Å². The van der Waals surface area contributed by atoms with Gasteiger partial charge in [-0.1, -0.05) is 60.7 Å². The lowest BCUT2D eigenvalue weighted by atomic mass is 10.1. The van der Waals surface area contributed by atoms with Gasteiger partial charge in [-0.3, -0.25) is 9.36 Å². The van der Waals surface area contributed by atoms with Gasteiger partial charge in [-0.15, -0.1) is 0 Å². The second-order valence-corrected chi connectivity index (χ2v) is 9.00. The minimum Gasteiger partial charge on any atom is -0.348 e. The number of aromatic nitrogens is 6. The summed E-state index contributed by atoms with van der Waals surface area (Å²) in [6, 6.07) is 25.6. The number of carbonyl (C=O) groups excluding carboxylic acids is 1. The molecule has 4 aromatic heterocycles. The van der Waals surface area contributed by atoms with Crippen molar-refractivity contribution >= 4 is 16.9 Å². The summed E-state index contributed by atoms with van der Waals surface area (Å²) in [4.78, 5) is 27.2. The third-order valence-corrected chi connectivity index (χ3v) is 6.43. The molecule has 6 aromatic rings. The van der Waals surface area contributed by atoms with Gasteiger partial charge in [0, 0.05) is 30.7 Å². The predicted molar refractivity (Wildman–Crippen MR) is 146 cm³/mol. The Kier molecular flexibility index (Phi) is 6.19. The Bertz CT molecular complexity index is 1720. The number of amides is 1. The first-order chi connectivity index (χ1) is 18.7. The van der Waals surface area contributed by atoms with Gasteiger partial charge in [0.05, 0.1) is 29.4 Å². The topological polar surface area (TPSA) is 90.5 Å². The monoisotopic (exact) mass is 499 g/mol. The number of aryl methyl sites for hydroxylation is 1. The number of nitrogens with one attached hydrogen (secondary N) is 1. The van der Waals surface area contributed by atoms with Crippen LogP contribution in [-0.4, -0.2) is 35.2 Å². The first-order valence-corrected chi connectivity index (χ1v) is 12.3. The zero-order valence-electron chi connectivity index (χ0n) is 20.8. The maximum absolute atomic E-state index is 13.5. The van der Waals surface area contributed by atoms with E-state index in [9.17, 15) is 4.79 Å². The van der Waals surface area contributed by atoms with E-state index in [1.807, 2.05) is 89.1 Å². The van der Waals surface area contributed by atoms with Gasteiger partial charge in [0.2, 0.25) is 0 Å². The number of fused-ring (bicyclic) bond motifs is 1. The molecule has 0 bridgehead atoms. The van der Waals surface area contributed by atoms with E-state index in [0.29, 0.717) is 29.7 Å². The summed E-state index contributed by atoms with van der Waals surface area (Å²) in [7, 11) is 0. The lowest BCUT2D eigenvalue weighted by Crippen LogP contribution is -2.23. The minimum absolute atomic E-state index is 0.189. The fraction of sp³-hybridized carbons (Fsp3) is 0.100. The summed E-state index contributed by atoms with van der Waals surface area (Å²) >= 11 is 0. The minimum atomic E-state index is -0.189. The highest BCUT2D eigenvalue weighted by molar-refractivity contribution is 6.06. The third-order valence-electron chi connectivity index (χ3n) is 6.43. The van der Waals surface area contributed by atoms with Gasteiger partial charge in [-0.25, -0.2) is 19.6 Å². The Morgan fingerprint density at radius 2 is 1.68 bits per heavy atom. The second-order valence-electron chi connectivity index (χ2n) is 9.00. The van der Waals surface area contributed by atoms with Gasteiger partial charge >= 0.3 is 0 Å². The summed E-state index contributed by atoms with van der Waals surface area (Å²) in [6.45, 7) is 2.84. The maximum Gasteiger partial charge on any atom is 0.252 e. The number of carbonyl (C=O) groups is 1. The molecule has 0 unspecified atom stereocenters. The molecular formula is C30H25N7O. The highest BCUT2D eigenvalue weighted by Crippen LogP contribution is 2.25. The van der Waals surface area contributed by atoms with Crippen molar-refractivity contribution in [3.8, 4) is 17.1 Å². The Morgan fingerprint density at radius 1 is 0.895 bits per heavy atom. The van der Waals surface area contributed by atoms with Crippen molar-refractivity contribution in [2.45, 2.75) is 20.0 Å². The van der Waals surface area contributed by atoms with E-state index in [2.05, 4.69) is 32.5 Å². The van der Waals surface area contributed by atoms with Crippen LogP contribution in [0.4, 0.5) is 0 Å². The Balaban J connectivity index is 1.33. The molecule has 1 amide bonds. The molecule has 0 saturated carbocycles. The Morgan fingerprint density at radius 3 is 2.45 bits per heavy atom. The van der Waals surface area contributed by atoms with Crippen LogP contribution in [0.5, 0.6) is 0 Å². The highest BCUT2D eigenvalue weighted by Gasteiger charge is 2.18. The molecule has 0 atom stereocenters. The lowest BCUT2D eigenvalue weighted by Gasteiger charge is -2.11. The third kappa shape index (κ3) is 4.67. The molecule has 0 saturated heterocycles. The SMILES string of the molecule is Cc1nccn1-c1cc(CNC(=O)c2cc(-c3ccccc3)nc3c2cnn3Cc2ccccc2)ccn1. The molecule has 2 aromatic carbocycles. The van der Waals surface area contributed by atoms with Gasteiger partial charge < -0.3 is 5.32 Å². The van der Waals surface area contributed by atoms with E-state index in [1.54, 1.807) is 18.6 Å². The van der Waals surface area contributed by atoms with E-state index in [4.69, 9.17) is 4.98 Å². The quantitative estimate of drug-likeness (QED) is 0.335. The van der Waals surface area contributed by atoms with E-state index < -0.39 is 0 Å². The van der Waals surface area contributed by atoms with Gasteiger partial charge in [0.15, 0.2) is 5.65 Å². The smallest absolute Gasteiger partial charge is 0.252 e. The Hall–Kier alpha value is -5.11. The van der Waals surface area contributed by atoms with Crippen LogP contribution >= 0.6 is 0 Å². The molecule has 0 aliphatic carbocycles. The molecule has 0 aliphatic rings. The molecule has 4 heterocycles. The fourth-order valence-electron chi connectivity index (χ4n) is 4.46. The van der Waals surface area contributed by atoms with Crippen molar-refractivity contribution in [1.29, 1.82) is 0 Å². The molecule has 1 N–H and O–H groups in total. The van der Waals surface area contributed by atoms with E-state index >= 15 is 0 Å². The van der Waals surface area contributed by atoms with Crippen LogP contribution in [0.1, 0.15) is 27.3 Å². The van der Waals surface area contributed by atoms with Gasteiger partial charge in [0.25, 0.3) is 5.91 Å². The van der Waals surface area contributed by atoms with Crippen molar-refractivity contribution in [1.82, 2.24) is 34.6 Å². The molecular weight excluding hydrogens is 474 g/mol. The van der Waals surface area contributed by atoms with Crippen LogP contribution in [0.25, 0.3) is 28.1 Å². The average molecular weight is 500 g/mol. The maximum atomic E-state index is 13.5. The summed E-state index contributed by atoms with van der Waals surface area (Å²) < 4.78 is 3.75. The van der Waals surface area contributed by atoms with Gasteiger partial charge in [-0.05, 0) is 36.2 Å². The summed E-state index contributed by atoms with van der Waals surface area (Å²) in [5.74, 6) is 1.41. The fourth-order valence-corrected chi connectivity index (χ4v) is 4.46. The van der Waals surface area contributed by atoms with Crippen molar-refractivity contribution < 1.29 is 4.79 Å². The van der Waals surface area contributed by atoms with Crippen molar-refractivity contribution in [3.05, 3.63) is 126 Å². The largest absolute Gasteiger partial charge is 0.348 e. The van der Waals surface area contributed by atoms with Crippen molar-refractivity contribution in [2.75, 3.05) is 0 Å². The summed E-state index contributed by atoms with van der Waals surface area (Å²) in [5.41, 5.74) is 4.90. The molecule has 38 heavy (non-hydrogen) atoms. The number of benzene rings is 2. The van der Waals surface area contributed by atoms with Crippen molar-refractivity contribution in [3.63, 3.8) is 0 Å². The number of imidazole rings is 1. The van der Waals surface area contributed by atoms with Crippen LogP contribution in [0, 0.1) is 6.92 Å².